The molecule has 27 heavy (non-hydrogen) atoms. The smallest absolute Gasteiger partial charge is 0.184 e. The molecule has 0 saturated heterocycles. The lowest BCUT2D eigenvalue weighted by molar-refractivity contribution is 0.599. The van der Waals surface area contributed by atoms with E-state index < -0.39 is 0 Å². The zero-order valence-corrected chi connectivity index (χ0v) is 14.9. The second kappa shape index (κ2) is 6.79. The van der Waals surface area contributed by atoms with Crippen molar-refractivity contribution in [1.29, 1.82) is 0 Å². The van der Waals surface area contributed by atoms with E-state index in [0.717, 1.165) is 29.8 Å². The first kappa shape index (κ1) is 15.9. The van der Waals surface area contributed by atoms with Crippen LogP contribution >= 0.6 is 0 Å². The molecule has 1 aliphatic carbocycles. The fraction of sp³-hybridized carbons (Fsp3) is 0.238. The van der Waals surface area contributed by atoms with E-state index in [-0.39, 0.29) is 6.04 Å². The van der Waals surface area contributed by atoms with Crippen LogP contribution in [0.4, 0.5) is 5.82 Å². The molecular weight excluding hydrogens is 336 g/mol. The predicted molar refractivity (Wildman–Crippen MR) is 104 cm³/mol. The monoisotopic (exact) mass is 356 g/mol. The summed E-state index contributed by atoms with van der Waals surface area (Å²) in [5, 5.41) is 12.3. The molecule has 1 atom stereocenters. The van der Waals surface area contributed by atoms with Gasteiger partial charge in [0.25, 0.3) is 0 Å². The summed E-state index contributed by atoms with van der Waals surface area (Å²) in [5.74, 6) is 0.751. The Kier molecular flexibility index (Phi) is 4.01. The van der Waals surface area contributed by atoms with Crippen molar-refractivity contribution in [1.82, 2.24) is 25.0 Å². The van der Waals surface area contributed by atoms with Gasteiger partial charge in [0.2, 0.25) is 0 Å². The largest absolute Gasteiger partial charge is 0.361 e. The highest BCUT2D eigenvalue weighted by Crippen LogP contribution is 2.33. The van der Waals surface area contributed by atoms with Crippen molar-refractivity contribution in [2.24, 2.45) is 0 Å². The number of fused-ring (bicyclic) bond motifs is 2. The first-order valence-corrected chi connectivity index (χ1v) is 9.31. The molecule has 0 aliphatic heterocycles. The van der Waals surface area contributed by atoms with Crippen LogP contribution in [-0.2, 0) is 13.0 Å². The molecular formula is C21H20N6. The quantitative estimate of drug-likeness (QED) is 0.603. The van der Waals surface area contributed by atoms with E-state index in [0.29, 0.717) is 6.54 Å². The van der Waals surface area contributed by atoms with E-state index in [4.69, 9.17) is 0 Å². The standard InChI is InChI=1S/C21H20N6/c1-2-7-15(8-3-1)13-27-21-19(25-26-27)20(22-14-23-21)24-18-12-6-10-16-9-4-5-11-17(16)18/h1-5,7-9,11,14,18H,6,10,12-13H2,(H,22,23,24). The van der Waals surface area contributed by atoms with Crippen molar-refractivity contribution in [3.63, 3.8) is 0 Å². The van der Waals surface area contributed by atoms with Crippen LogP contribution in [0.15, 0.2) is 60.9 Å². The maximum atomic E-state index is 4.46. The number of aromatic nitrogens is 5. The Morgan fingerprint density at radius 2 is 1.85 bits per heavy atom. The number of nitrogens with one attached hydrogen (secondary N) is 1. The van der Waals surface area contributed by atoms with Gasteiger partial charge < -0.3 is 5.32 Å². The summed E-state index contributed by atoms with van der Waals surface area (Å²) in [5.41, 5.74) is 5.40. The van der Waals surface area contributed by atoms with Crippen LogP contribution in [0.1, 0.15) is 35.6 Å². The summed E-state index contributed by atoms with van der Waals surface area (Å²) in [6, 6.07) is 19.1. The number of hydrogen-bond acceptors (Lipinski definition) is 5. The van der Waals surface area contributed by atoms with Crippen LogP contribution in [-0.4, -0.2) is 25.0 Å². The Morgan fingerprint density at radius 1 is 1.00 bits per heavy atom. The summed E-state index contributed by atoms with van der Waals surface area (Å²) < 4.78 is 1.83. The second-order valence-electron chi connectivity index (χ2n) is 6.92. The first-order chi connectivity index (χ1) is 13.4. The van der Waals surface area contributed by atoms with Crippen molar-refractivity contribution in [3.05, 3.63) is 77.6 Å². The fourth-order valence-corrected chi connectivity index (χ4v) is 3.83. The third-order valence-electron chi connectivity index (χ3n) is 5.16. The maximum absolute atomic E-state index is 4.46. The molecule has 0 amide bonds. The minimum absolute atomic E-state index is 0.243. The Balaban J connectivity index is 1.47. The van der Waals surface area contributed by atoms with Gasteiger partial charge in [-0.2, -0.15) is 0 Å². The molecule has 1 unspecified atom stereocenters. The summed E-state index contributed by atoms with van der Waals surface area (Å²) in [6.45, 7) is 0.639. The molecule has 134 valence electrons. The number of hydrogen-bond donors (Lipinski definition) is 1. The Bertz CT molecular complexity index is 1070. The van der Waals surface area contributed by atoms with Gasteiger partial charge in [0, 0.05) is 0 Å². The lowest BCUT2D eigenvalue weighted by atomic mass is 9.88. The third kappa shape index (κ3) is 3.03. The minimum Gasteiger partial charge on any atom is -0.361 e. The van der Waals surface area contributed by atoms with Crippen LogP contribution in [0.25, 0.3) is 11.2 Å². The van der Waals surface area contributed by atoms with Gasteiger partial charge in [0.15, 0.2) is 17.0 Å². The van der Waals surface area contributed by atoms with Crippen molar-refractivity contribution >= 4 is 17.0 Å². The molecule has 1 N–H and O–H groups in total. The number of anilines is 1. The Labute approximate surface area is 157 Å². The molecule has 0 saturated carbocycles. The molecule has 1 aliphatic rings. The van der Waals surface area contributed by atoms with Gasteiger partial charge in [-0.05, 0) is 36.0 Å². The Morgan fingerprint density at radius 3 is 2.78 bits per heavy atom. The molecule has 0 spiro atoms. The molecule has 2 aromatic heterocycles. The summed E-state index contributed by atoms with van der Waals surface area (Å²) >= 11 is 0. The molecule has 0 radical (unpaired) electrons. The average molecular weight is 356 g/mol. The van der Waals surface area contributed by atoms with Gasteiger partial charge in [-0.15, -0.1) is 5.10 Å². The van der Waals surface area contributed by atoms with Crippen LogP contribution < -0.4 is 5.32 Å². The van der Waals surface area contributed by atoms with E-state index >= 15 is 0 Å². The lowest BCUT2D eigenvalue weighted by Gasteiger charge is -2.26. The number of aryl methyl sites for hydroxylation is 1. The Hall–Kier alpha value is -3.28. The van der Waals surface area contributed by atoms with Crippen LogP contribution in [0.2, 0.25) is 0 Å². The predicted octanol–water partition coefficient (Wildman–Crippen LogP) is 3.76. The first-order valence-electron chi connectivity index (χ1n) is 9.31. The molecule has 0 fully saturated rings. The zero-order chi connectivity index (χ0) is 18.1. The molecule has 6 heteroatoms. The molecule has 0 bridgehead atoms. The minimum atomic E-state index is 0.243. The van der Waals surface area contributed by atoms with Gasteiger partial charge in [0.1, 0.15) is 6.33 Å². The van der Waals surface area contributed by atoms with Gasteiger partial charge in [0.05, 0.1) is 12.6 Å². The van der Waals surface area contributed by atoms with Gasteiger partial charge in [-0.1, -0.05) is 59.8 Å². The SMILES string of the molecule is c1ccc(Cn2nnc3c(NC4CCCc5ccccc54)ncnc32)cc1. The molecule has 2 aromatic carbocycles. The highest BCUT2D eigenvalue weighted by Gasteiger charge is 2.22. The summed E-state index contributed by atoms with van der Waals surface area (Å²) in [7, 11) is 0. The van der Waals surface area contributed by atoms with E-state index in [2.05, 4.69) is 62.0 Å². The van der Waals surface area contributed by atoms with Gasteiger partial charge in [-0.3, -0.25) is 0 Å². The van der Waals surface area contributed by atoms with E-state index in [1.165, 1.54) is 23.1 Å². The highest BCUT2D eigenvalue weighted by atomic mass is 15.4. The summed E-state index contributed by atoms with van der Waals surface area (Å²) in [6.07, 6.45) is 4.98. The van der Waals surface area contributed by atoms with Crippen LogP contribution in [0.3, 0.4) is 0 Å². The van der Waals surface area contributed by atoms with Gasteiger partial charge >= 0.3 is 0 Å². The van der Waals surface area contributed by atoms with Crippen molar-refractivity contribution in [2.75, 3.05) is 5.32 Å². The lowest BCUT2D eigenvalue weighted by Crippen LogP contribution is -2.18. The topological polar surface area (TPSA) is 68.5 Å². The van der Waals surface area contributed by atoms with Crippen molar-refractivity contribution in [3.8, 4) is 0 Å². The molecule has 2 heterocycles. The summed E-state index contributed by atoms with van der Waals surface area (Å²) in [4.78, 5) is 8.88. The fourth-order valence-electron chi connectivity index (χ4n) is 3.83. The van der Waals surface area contributed by atoms with Crippen molar-refractivity contribution in [2.45, 2.75) is 31.8 Å². The van der Waals surface area contributed by atoms with Gasteiger partial charge in [-0.25, -0.2) is 14.6 Å². The van der Waals surface area contributed by atoms with Crippen LogP contribution in [0.5, 0.6) is 0 Å². The maximum Gasteiger partial charge on any atom is 0.184 e. The average Bonchev–Trinajstić information content (AvgIpc) is 3.13. The van der Waals surface area contributed by atoms with Crippen molar-refractivity contribution < 1.29 is 0 Å². The highest BCUT2D eigenvalue weighted by molar-refractivity contribution is 5.82. The second-order valence-corrected chi connectivity index (χ2v) is 6.92. The zero-order valence-electron chi connectivity index (χ0n) is 14.9. The van der Waals surface area contributed by atoms with E-state index in [1.54, 1.807) is 6.33 Å². The number of rotatable bonds is 4. The van der Waals surface area contributed by atoms with E-state index in [9.17, 15) is 0 Å². The normalized spacial score (nSPS) is 16.2. The molecule has 4 aromatic rings. The van der Waals surface area contributed by atoms with Crippen LogP contribution in [0, 0.1) is 0 Å². The molecule has 5 rings (SSSR count). The van der Waals surface area contributed by atoms with E-state index in [1.807, 2.05) is 22.9 Å². The molecule has 6 nitrogen and oxygen atoms in total. The number of benzene rings is 2. The third-order valence-corrected chi connectivity index (χ3v) is 5.16. The number of nitrogens with zero attached hydrogens (tertiary/aromatic N) is 5.